The minimum atomic E-state index is -4.23. The standard InChI is InChI=1S/C20H20N2O7S/c1-28-20(23)18-8-5-9-19(29-14-15-6-3-2-4-7-15)21(18)30(26,27)17-12-10-16(11-13-17)22(24)25/h2-7,9-13,18-19H,8,14H2,1H3/t18-,19+/m0/s1. The number of ether oxygens (including phenoxy) is 2. The summed E-state index contributed by atoms with van der Waals surface area (Å²) in [6, 6.07) is 12.5. The molecule has 1 heterocycles. The van der Waals surface area contributed by atoms with E-state index in [1.54, 1.807) is 12.2 Å². The number of hydrogen-bond donors (Lipinski definition) is 0. The zero-order valence-corrected chi connectivity index (χ0v) is 16.9. The quantitative estimate of drug-likeness (QED) is 0.286. The molecule has 10 heteroatoms. The SMILES string of the molecule is COC(=O)[C@@H]1CC=C[C@@H](OCc2ccccc2)N1S(=O)(=O)c1ccc([N+](=O)[O-])cc1. The van der Waals surface area contributed by atoms with Crippen LogP contribution in [0.25, 0.3) is 0 Å². The molecule has 0 bridgehead atoms. The van der Waals surface area contributed by atoms with E-state index in [4.69, 9.17) is 9.47 Å². The van der Waals surface area contributed by atoms with Crippen molar-refractivity contribution in [1.29, 1.82) is 0 Å². The number of methoxy groups -OCH3 is 1. The van der Waals surface area contributed by atoms with E-state index >= 15 is 0 Å². The van der Waals surface area contributed by atoms with Crippen molar-refractivity contribution in [3.05, 3.63) is 82.4 Å². The maximum atomic E-state index is 13.4. The molecule has 2 atom stereocenters. The molecule has 0 spiro atoms. The number of benzene rings is 2. The zero-order chi connectivity index (χ0) is 21.7. The van der Waals surface area contributed by atoms with Gasteiger partial charge in [-0.1, -0.05) is 36.4 Å². The summed E-state index contributed by atoms with van der Waals surface area (Å²) in [6.45, 7) is 0.121. The number of sulfonamides is 1. The highest BCUT2D eigenvalue weighted by Gasteiger charge is 2.42. The number of nitro groups is 1. The lowest BCUT2D eigenvalue weighted by atomic mass is 10.1. The highest BCUT2D eigenvalue weighted by molar-refractivity contribution is 7.89. The number of non-ortho nitro benzene ring substituents is 1. The molecule has 1 aliphatic heterocycles. The minimum absolute atomic E-state index is 0.115. The highest BCUT2D eigenvalue weighted by atomic mass is 32.2. The molecule has 0 amide bonds. The van der Waals surface area contributed by atoms with Gasteiger partial charge in [-0.25, -0.2) is 8.42 Å². The van der Waals surface area contributed by atoms with Gasteiger partial charge in [-0.05, 0) is 30.2 Å². The Morgan fingerprint density at radius 3 is 2.43 bits per heavy atom. The summed E-state index contributed by atoms with van der Waals surface area (Å²) in [5, 5.41) is 10.9. The molecule has 0 aliphatic carbocycles. The lowest BCUT2D eigenvalue weighted by Gasteiger charge is -2.36. The number of nitro benzene ring substituents is 1. The van der Waals surface area contributed by atoms with Gasteiger partial charge in [0, 0.05) is 12.1 Å². The van der Waals surface area contributed by atoms with E-state index in [0.29, 0.717) is 0 Å². The molecule has 0 radical (unpaired) electrons. The summed E-state index contributed by atoms with van der Waals surface area (Å²) in [5.74, 6) is -0.724. The van der Waals surface area contributed by atoms with E-state index < -0.39 is 33.2 Å². The van der Waals surface area contributed by atoms with Crippen LogP contribution in [0.5, 0.6) is 0 Å². The molecule has 2 aromatic carbocycles. The molecule has 0 aromatic heterocycles. The Morgan fingerprint density at radius 1 is 1.17 bits per heavy atom. The Morgan fingerprint density at radius 2 is 1.83 bits per heavy atom. The second-order valence-electron chi connectivity index (χ2n) is 6.48. The molecule has 0 N–H and O–H groups in total. The normalized spacial score (nSPS) is 19.4. The second kappa shape index (κ2) is 9.16. The molecule has 30 heavy (non-hydrogen) atoms. The number of carbonyl (C=O) groups excluding carboxylic acids is 1. The average molecular weight is 432 g/mol. The van der Waals surface area contributed by atoms with Gasteiger partial charge in [-0.2, -0.15) is 4.31 Å². The third-order valence-corrected chi connectivity index (χ3v) is 6.46. The van der Waals surface area contributed by atoms with Gasteiger partial charge in [-0.3, -0.25) is 14.9 Å². The molecule has 0 saturated carbocycles. The second-order valence-corrected chi connectivity index (χ2v) is 8.32. The van der Waals surface area contributed by atoms with Gasteiger partial charge >= 0.3 is 5.97 Å². The van der Waals surface area contributed by atoms with Crippen molar-refractivity contribution in [3.8, 4) is 0 Å². The first-order valence-electron chi connectivity index (χ1n) is 9.02. The first-order chi connectivity index (χ1) is 14.3. The molecule has 3 rings (SSSR count). The Kier molecular flexibility index (Phi) is 6.60. The smallest absolute Gasteiger partial charge is 0.324 e. The largest absolute Gasteiger partial charge is 0.468 e. The number of rotatable bonds is 7. The first-order valence-corrected chi connectivity index (χ1v) is 10.5. The predicted molar refractivity (Wildman–Crippen MR) is 107 cm³/mol. The lowest BCUT2D eigenvalue weighted by Crippen LogP contribution is -2.52. The van der Waals surface area contributed by atoms with Crippen LogP contribution in [-0.4, -0.2) is 43.0 Å². The summed E-state index contributed by atoms with van der Waals surface area (Å²) in [5.41, 5.74) is 0.590. The van der Waals surface area contributed by atoms with Crippen molar-refractivity contribution in [2.24, 2.45) is 0 Å². The molecule has 1 aliphatic rings. The van der Waals surface area contributed by atoms with Gasteiger partial charge in [0.1, 0.15) is 12.3 Å². The summed E-state index contributed by atoms with van der Waals surface area (Å²) in [7, 11) is -3.05. The first kappa shape index (κ1) is 21.6. The van der Waals surface area contributed by atoms with E-state index in [0.717, 1.165) is 34.1 Å². The van der Waals surface area contributed by atoms with E-state index in [2.05, 4.69) is 0 Å². The number of carbonyl (C=O) groups is 1. The summed E-state index contributed by atoms with van der Waals surface area (Å²) in [4.78, 5) is 22.4. The molecule has 0 fully saturated rings. The summed E-state index contributed by atoms with van der Waals surface area (Å²) < 4.78 is 38.3. The van der Waals surface area contributed by atoms with Crippen LogP contribution in [0.2, 0.25) is 0 Å². The van der Waals surface area contributed by atoms with E-state index in [1.165, 1.54) is 7.11 Å². The van der Waals surface area contributed by atoms with E-state index in [1.807, 2.05) is 30.3 Å². The van der Waals surface area contributed by atoms with E-state index in [-0.39, 0.29) is 23.6 Å². The predicted octanol–water partition coefficient (Wildman–Crippen LogP) is 2.63. The lowest BCUT2D eigenvalue weighted by molar-refractivity contribution is -0.384. The fraction of sp³-hybridized carbons (Fsp3) is 0.250. The van der Waals surface area contributed by atoms with Crippen molar-refractivity contribution in [1.82, 2.24) is 4.31 Å². The summed E-state index contributed by atoms with van der Waals surface area (Å²) in [6.07, 6.45) is 2.29. The van der Waals surface area contributed by atoms with Crippen LogP contribution < -0.4 is 0 Å². The maximum Gasteiger partial charge on any atom is 0.324 e. The fourth-order valence-electron chi connectivity index (χ4n) is 3.08. The minimum Gasteiger partial charge on any atom is -0.468 e. The third-order valence-electron chi connectivity index (χ3n) is 4.58. The number of nitrogens with zero attached hydrogens (tertiary/aromatic N) is 2. The number of hydrogen-bond acceptors (Lipinski definition) is 7. The van der Waals surface area contributed by atoms with Crippen LogP contribution in [-0.2, 0) is 30.9 Å². The van der Waals surface area contributed by atoms with Gasteiger partial charge in [0.2, 0.25) is 10.0 Å². The van der Waals surface area contributed by atoms with Crippen molar-refractivity contribution >= 4 is 21.7 Å². The van der Waals surface area contributed by atoms with Crippen LogP contribution in [0.15, 0.2) is 71.6 Å². The topological polar surface area (TPSA) is 116 Å². The van der Waals surface area contributed by atoms with Crippen LogP contribution in [0.3, 0.4) is 0 Å². The molecule has 0 saturated heterocycles. The molecule has 9 nitrogen and oxygen atoms in total. The van der Waals surface area contributed by atoms with E-state index in [9.17, 15) is 23.3 Å². The molecular weight excluding hydrogens is 412 g/mol. The highest BCUT2D eigenvalue weighted by Crippen LogP contribution is 2.29. The van der Waals surface area contributed by atoms with Crippen molar-refractivity contribution in [3.63, 3.8) is 0 Å². The van der Waals surface area contributed by atoms with Gasteiger partial charge in [0.05, 0.1) is 23.5 Å². The van der Waals surface area contributed by atoms with Crippen LogP contribution in [0, 0.1) is 10.1 Å². The Bertz CT molecular complexity index is 1040. The Hall–Kier alpha value is -3.08. The molecule has 0 unspecified atom stereocenters. The Labute approximate surface area is 173 Å². The van der Waals surface area contributed by atoms with Gasteiger partial charge in [0.25, 0.3) is 5.69 Å². The fourth-order valence-corrected chi connectivity index (χ4v) is 4.71. The van der Waals surface area contributed by atoms with Gasteiger partial charge < -0.3 is 9.47 Å². The monoisotopic (exact) mass is 432 g/mol. The van der Waals surface area contributed by atoms with Crippen LogP contribution >= 0.6 is 0 Å². The Balaban J connectivity index is 1.95. The molecular formula is C20H20N2O7S. The van der Waals surface area contributed by atoms with Crippen molar-refractivity contribution < 1.29 is 27.6 Å². The number of esters is 1. The van der Waals surface area contributed by atoms with Gasteiger partial charge in [0.15, 0.2) is 0 Å². The third kappa shape index (κ3) is 4.56. The molecule has 2 aromatic rings. The maximum absolute atomic E-state index is 13.4. The van der Waals surface area contributed by atoms with Crippen molar-refractivity contribution in [2.75, 3.05) is 7.11 Å². The van der Waals surface area contributed by atoms with Crippen molar-refractivity contribution in [2.45, 2.75) is 30.2 Å². The molecule has 158 valence electrons. The van der Waals surface area contributed by atoms with Gasteiger partial charge in [-0.15, -0.1) is 0 Å². The zero-order valence-electron chi connectivity index (χ0n) is 16.1. The summed E-state index contributed by atoms with van der Waals surface area (Å²) >= 11 is 0. The average Bonchev–Trinajstić information content (AvgIpc) is 2.77. The van der Waals surface area contributed by atoms with Crippen LogP contribution in [0.4, 0.5) is 5.69 Å². The van der Waals surface area contributed by atoms with Crippen LogP contribution in [0.1, 0.15) is 12.0 Å².